The molecule has 1 N–H and O–H groups in total. The molecule has 34 heavy (non-hydrogen) atoms. The lowest BCUT2D eigenvalue weighted by Gasteiger charge is -2.28. The Labute approximate surface area is 201 Å². The third-order valence-electron chi connectivity index (χ3n) is 6.22. The van der Waals surface area contributed by atoms with Gasteiger partial charge in [0.25, 0.3) is 0 Å². The Balaban J connectivity index is 1.28. The molecule has 2 aromatic rings. The van der Waals surface area contributed by atoms with Gasteiger partial charge in [-0.1, -0.05) is 32.0 Å². The highest BCUT2D eigenvalue weighted by Gasteiger charge is 2.26. The van der Waals surface area contributed by atoms with Crippen LogP contribution in [0, 0.1) is 0 Å². The Morgan fingerprint density at radius 3 is 2.35 bits per heavy atom. The molecule has 1 saturated heterocycles. The molecule has 0 aromatic heterocycles. The maximum atomic E-state index is 12.7. The molecule has 184 valence electrons. The predicted octanol–water partition coefficient (Wildman–Crippen LogP) is 2.51. The number of morpholine rings is 1. The van der Waals surface area contributed by atoms with Crippen molar-refractivity contribution in [3.05, 3.63) is 53.6 Å². The number of carbonyl (C=O) groups excluding carboxylic acids is 1. The van der Waals surface area contributed by atoms with Crippen LogP contribution in [0.1, 0.15) is 31.4 Å². The van der Waals surface area contributed by atoms with Crippen molar-refractivity contribution in [2.45, 2.75) is 37.0 Å². The summed E-state index contributed by atoms with van der Waals surface area (Å²) in [5.74, 6) is 1.44. The van der Waals surface area contributed by atoms with E-state index < -0.39 is 10.0 Å². The van der Waals surface area contributed by atoms with Crippen molar-refractivity contribution >= 4 is 15.9 Å². The van der Waals surface area contributed by atoms with E-state index in [1.54, 1.807) is 24.3 Å². The van der Waals surface area contributed by atoms with E-state index in [9.17, 15) is 13.2 Å². The molecule has 1 fully saturated rings. The number of amides is 1. The SMILES string of the molecule is CC(C)(CNC(=O)CCc1ccc(S(=O)(=O)N2CCOCC2)cc1)c1ccc2c(c1)OCCO2. The van der Waals surface area contributed by atoms with Crippen molar-refractivity contribution in [1.29, 1.82) is 0 Å². The van der Waals surface area contributed by atoms with Crippen molar-refractivity contribution in [3.8, 4) is 11.5 Å². The zero-order valence-corrected chi connectivity index (χ0v) is 20.5. The number of fused-ring (bicyclic) bond motifs is 1. The molecule has 9 heteroatoms. The third kappa shape index (κ3) is 5.71. The number of nitrogens with one attached hydrogen (secondary N) is 1. The first kappa shape index (κ1) is 24.5. The Hall–Kier alpha value is -2.62. The Kier molecular flexibility index (Phi) is 7.45. The van der Waals surface area contributed by atoms with Crippen LogP contribution < -0.4 is 14.8 Å². The van der Waals surface area contributed by atoms with E-state index in [2.05, 4.69) is 19.2 Å². The van der Waals surface area contributed by atoms with Gasteiger partial charge < -0.3 is 19.5 Å². The number of hydrogen-bond donors (Lipinski definition) is 1. The minimum atomic E-state index is -3.51. The molecule has 8 nitrogen and oxygen atoms in total. The van der Waals surface area contributed by atoms with Crippen LogP contribution >= 0.6 is 0 Å². The second-order valence-electron chi connectivity index (χ2n) is 9.18. The van der Waals surface area contributed by atoms with Crippen LogP contribution in [0.3, 0.4) is 0 Å². The summed E-state index contributed by atoms with van der Waals surface area (Å²) in [5.41, 5.74) is 1.71. The summed E-state index contributed by atoms with van der Waals surface area (Å²) in [7, 11) is -3.51. The number of nitrogens with zero attached hydrogens (tertiary/aromatic N) is 1. The summed E-state index contributed by atoms with van der Waals surface area (Å²) in [6.45, 7) is 7.29. The normalized spacial score (nSPS) is 16.8. The average Bonchev–Trinajstić information content (AvgIpc) is 2.86. The van der Waals surface area contributed by atoms with Gasteiger partial charge in [0.1, 0.15) is 13.2 Å². The molecule has 0 saturated carbocycles. The Bertz CT molecular complexity index is 1110. The molecule has 2 heterocycles. The molecular weight excluding hydrogens is 456 g/mol. The van der Waals surface area contributed by atoms with Gasteiger partial charge >= 0.3 is 0 Å². The number of rotatable bonds is 8. The van der Waals surface area contributed by atoms with Gasteiger partial charge in [-0.3, -0.25) is 4.79 Å². The third-order valence-corrected chi connectivity index (χ3v) is 8.14. The number of sulfonamides is 1. The Morgan fingerprint density at radius 1 is 0.971 bits per heavy atom. The van der Waals surface area contributed by atoms with Crippen LogP contribution in [0.15, 0.2) is 47.4 Å². The second-order valence-corrected chi connectivity index (χ2v) is 11.1. The van der Waals surface area contributed by atoms with Gasteiger partial charge in [0, 0.05) is 31.5 Å². The highest BCUT2D eigenvalue weighted by molar-refractivity contribution is 7.89. The molecule has 0 unspecified atom stereocenters. The lowest BCUT2D eigenvalue weighted by molar-refractivity contribution is -0.121. The zero-order chi connectivity index (χ0) is 24.2. The second kappa shape index (κ2) is 10.3. The molecule has 0 aliphatic carbocycles. The first-order valence-electron chi connectivity index (χ1n) is 11.6. The summed E-state index contributed by atoms with van der Waals surface area (Å²) in [6, 6.07) is 12.7. The molecule has 2 aliphatic rings. The monoisotopic (exact) mass is 488 g/mol. The highest BCUT2D eigenvalue weighted by Crippen LogP contribution is 2.35. The quantitative estimate of drug-likeness (QED) is 0.614. The maximum Gasteiger partial charge on any atom is 0.243 e. The van der Waals surface area contributed by atoms with Crippen molar-refractivity contribution in [1.82, 2.24) is 9.62 Å². The molecule has 0 atom stereocenters. The van der Waals surface area contributed by atoms with E-state index in [1.165, 1.54) is 4.31 Å². The van der Waals surface area contributed by atoms with Crippen LogP contribution in [-0.4, -0.2) is 64.7 Å². The topological polar surface area (TPSA) is 94.2 Å². The molecular formula is C25H32N2O6S. The molecule has 0 spiro atoms. The fraction of sp³-hybridized carbons (Fsp3) is 0.480. The first-order chi connectivity index (χ1) is 16.3. The van der Waals surface area contributed by atoms with Gasteiger partial charge in [0.15, 0.2) is 11.5 Å². The maximum absolute atomic E-state index is 12.7. The number of ether oxygens (including phenoxy) is 3. The minimum absolute atomic E-state index is 0.0457. The number of aryl methyl sites for hydroxylation is 1. The summed E-state index contributed by atoms with van der Waals surface area (Å²) >= 11 is 0. The predicted molar refractivity (Wildman–Crippen MR) is 128 cm³/mol. The molecule has 2 aliphatic heterocycles. The van der Waals surface area contributed by atoms with Crippen molar-refractivity contribution in [2.75, 3.05) is 46.1 Å². The van der Waals surface area contributed by atoms with Gasteiger partial charge in [-0.05, 0) is 41.8 Å². The minimum Gasteiger partial charge on any atom is -0.486 e. The van der Waals surface area contributed by atoms with E-state index in [-0.39, 0.29) is 16.2 Å². The lowest BCUT2D eigenvalue weighted by Crippen LogP contribution is -2.40. The molecule has 1 amide bonds. The summed E-state index contributed by atoms with van der Waals surface area (Å²) in [5, 5.41) is 3.02. The Morgan fingerprint density at radius 2 is 1.65 bits per heavy atom. The number of hydrogen-bond acceptors (Lipinski definition) is 6. The van der Waals surface area contributed by atoms with Crippen LogP contribution in [0.4, 0.5) is 0 Å². The van der Waals surface area contributed by atoms with Crippen LogP contribution in [-0.2, 0) is 31.4 Å². The summed E-state index contributed by atoms with van der Waals surface area (Å²) in [6.07, 6.45) is 0.862. The average molecular weight is 489 g/mol. The van der Waals surface area contributed by atoms with Gasteiger partial charge in [0.2, 0.25) is 15.9 Å². The summed E-state index contributed by atoms with van der Waals surface area (Å²) < 4.78 is 43.4. The van der Waals surface area contributed by atoms with E-state index >= 15 is 0 Å². The smallest absolute Gasteiger partial charge is 0.243 e. The fourth-order valence-corrected chi connectivity index (χ4v) is 5.40. The van der Waals surface area contributed by atoms with Gasteiger partial charge in [-0.15, -0.1) is 0 Å². The van der Waals surface area contributed by atoms with Crippen molar-refractivity contribution in [2.24, 2.45) is 0 Å². The fourth-order valence-electron chi connectivity index (χ4n) is 4.00. The van der Waals surface area contributed by atoms with Crippen LogP contribution in [0.5, 0.6) is 11.5 Å². The van der Waals surface area contributed by atoms with Crippen LogP contribution in [0.2, 0.25) is 0 Å². The largest absolute Gasteiger partial charge is 0.486 e. The van der Waals surface area contributed by atoms with Crippen LogP contribution in [0.25, 0.3) is 0 Å². The summed E-state index contributed by atoms with van der Waals surface area (Å²) in [4.78, 5) is 12.8. The molecule has 2 aromatic carbocycles. The first-order valence-corrected chi connectivity index (χ1v) is 13.0. The van der Waals surface area contributed by atoms with Crippen molar-refractivity contribution in [3.63, 3.8) is 0 Å². The van der Waals surface area contributed by atoms with E-state index in [0.717, 1.165) is 22.6 Å². The number of carbonyl (C=O) groups is 1. The van der Waals surface area contributed by atoms with E-state index in [1.807, 2.05) is 18.2 Å². The highest BCUT2D eigenvalue weighted by atomic mass is 32.2. The van der Waals surface area contributed by atoms with Gasteiger partial charge in [-0.25, -0.2) is 8.42 Å². The standard InChI is InChI=1S/C25H32N2O6S/c1-25(2,20-6-9-22-23(17-20)33-16-15-32-22)18-26-24(28)10-5-19-3-7-21(8-4-19)34(29,30)27-11-13-31-14-12-27/h3-4,6-9,17H,5,10-16,18H2,1-2H3,(H,26,28). The molecule has 0 bridgehead atoms. The van der Waals surface area contributed by atoms with Gasteiger partial charge in [0.05, 0.1) is 18.1 Å². The van der Waals surface area contributed by atoms with Gasteiger partial charge in [-0.2, -0.15) is 4.31 Å². The van der Waals surface area contributed by atoms with E-state index in [0.29, 0.717) is 58.9 Å². The molecule has 0 radical (unpaired) electrons. The number of benzene rings is 2. The lowest BCUT2D eigenvalue weighted by atomic mass is 9.84. The molecule has 4 rings (SSSR count). The zero-order valence-electron chi connectivity index (χ0n) is 19.7. The van der Waals surface area contributed by atoms with Crippen molar-refractivity contribution < 1.29 is 27.4 Å². The van der Waals surface area contributed by atoms with E-state index in [4.69, 9.17) is 14.2 Å².